The molecule has 21 heavy (non-hydrogen) atoms. The first-order valence-electron chi connectivity index (χ1n) is 7.76. The second-order valence-corrected chi connectivity index (χ2v) is 6.20. The average Bonchev–Trinajstić information content (AvgIpc) is 3.20. The van der Waals surface area contributed by atoms with Crippen molar-refractivity contribution in [3.8, 4) is 0 Å². The van der Waals surface area contributed by atoms with E-state index in [0.717, 1.165) is 30.5 Å². The molecule has 2 aliphatic carbocycles. The van der Waals surface area contributed by atoms with Crippen LogP contribution in [-0.2, 0) is 14.4 Å². The third-order valence-corrected chi connectivity index (χ3v) is 5.27. The molecule has 2 fully saturated rings. The number of benzene rings is 1. The number of esters is 1. The lowest BCUT2D eigenvalue weighted by Crippen LogP contribution is -2.52. The van der Waals surface area contributed by atoms with Gasteiger partial charge in [0.1, 0.15) is 0 Å². The van der Waals surface area contributed by atoms with Gasteiger partial charge in [0.05, 0.1) is 18.2 Å². The van der Waals surface area contributed by atoms with E-state index in [-0.39, 0.29) is 17.8 Å². The molecule has 0 saturated heterocycles. The first-order chi connectivity index (χ1) is 10.3. The summed E-state index contributed by atoms with van der Waals surface area (Å²) in [5.41, 5.74) is 1.13. The highest BCUT2D eigenvalue weighted by Crippen LogP contribution is 2.60. The molecule has 0 spiro atoms. The summed E-state index contributed by atoms with van der Waals surface area (Å²) < 4.78 is 5.33. The zero-order valence-corrected chi connectivity index (χ0v) is 12.1. The maximum Gasteiger partial charge on any atom is 0.354 e. The number of hydrogen-bond acceptors (Lipinski definition) is 4. The van der Waals surface area contributed by atoms with Crippen LogP contribution < -0.4 is 0 Å². The fraction of sp³-hybridized carbons (Fsp3) is 0.529. The Labute approximate surface area is 124 Å². The Bertz CT molecular complexity index is 597. The molecule has 4 nitrogen and oxygen atoms in total. The molecule has 1 aliphatic heterocycles. The minimum absolute atomic E-state index is 0.0534. The fourth-order valence-corrected chi connectivity index (χ4v) is 4.47. The summed E-state index contributed by atoms with van der Waals surface area (Å²) in [6, 6.07) is 10.1. The van der Waals surface area contributed by atoms with Gasteiger partial charge in [0.2, 0.25) is 5.60 Å². The van der Waals surface area contributed by atoms with Gasteiger partial charge in [-0.15, -0.1) is 0 Å². The van der Waals surface area contributed by atoms with Crippen molar-refractivity contribution in [2.75, 3.05) is 6.61 Å². The normalized spacial score (nSPS) is 36.0. The van der Waals surface area contributed by atoms with E-state index < -0.39 is 5.60 Å². The van der Waals surface area contributed by atoms with Crippen LogP contribution in [0.1, 0.15) is 31.7 Å². The summed E-state index contributed by atoms with van der Waals surface area (Å²) in [6.45, 7) is 2.22. The van der Waals surface area contributed by atoms with E-state index in [1.807, 2.05) is 37.3 Å². The first kappa shape index (κ1) is 12.9. The van der Waals surface area contributed by atoms with Crippen molar-refractivity contribution >= 4 is 11.7 Å². The van der Waals surface area contributed by atoms with E-state index in [1.165, 1.54) is 0 Å². The first-order valence-corrected chi connectivity index (χ1v) is 7.76. The predicted octanol–water partition coefficient (Wildman–Crippen LogP) is 2.77. The van der Waals surface area contributed by atoms with Crippen LogP contribution in [0, 0.1) is 17.8 Å². The van der Waals surface area contributed by atoms with Crippen LogP contribution in [0.3, 0.4) is 0 Å². The van der Waals surface area contributed by atoms with E-state index in [4.69, 9.17) is 9.57 Å². The number of carbonyl (C=O) groups is 1. The van der Waals surface area contributed by atoms with E-state index in [0.29, 0.717) is 12.5 Å². The van der Waals surface area contributed by atoms with E-state index in [1.54, 1.807) is 0 Å². The lowest BCUT2D eigenvalue weighted by atomic mass is 9.72. The van der Waals surface area contributed by atoms with Crippen LogP contribution in [-0.4, -0.2) is 23.9 Å². The molecule has 0 unspecified atom stereocenters. The molecule has 2 bridgehead atoms. The van der Waals surface area contributed by atoms with Gasteiger partial charge in [-0.3, -0.25) is 0 Å². The Morgan fingerprint density at radius 1 is 1.38 bits per heavy atom. The Balaban J connectivity index is 1.74. The molecule has 3 aliphatic rings. The third kappa shape index (κ3) is 1.62. The third-order valence-electron chi connectivity index (χ3n) is 5.27. The van der Waals surface area contributed by atoms with Crippen molar-refractivity contribution in [2.24, 2.45) is 22.9 Å². The van der Waals surface area contributed by atoms with E-state index in [9.17, 15) is 4.79 Å². The molecule has 4 rings (SSSR count). The summed E-state index contributed by atoms with van der Waals surface area (Å²) in [5, 5.41) is 4.32. The van der Waals surface area contributed by atoms with Crippen LogP contribution >= 0.6 is 0 Å². The molecule has 0 N–H and O–H groups in total. The van der Waals surface area contributed by atoms with Crippen molar-refractivity contribution in [2.45, 2.75) is 31.8 Å². The van der Waals surface area contributed by atoms with E-state index >= 15 is 0 Å². The van der Waals surface area contributed by atoms with Gasteiger partial charge in [-0.1, -0.05) is 35.5 Å². The molecule has 1 aromatic rings. The van der Waals surface area contributed by atoms with Crippen molar-refractivity contribution in [3.05, 3.63) is 35.9 Å². The Kier molecular flexibility index (Phi) is 2.81. The number of nitrogens with zero attached hydrogens (tertiary/aromatic N) is 1. The smallest absolute Gasteiger partial charge is 0.354 e. The van der Waals surface area contributed by atoms with Gasteiger partial charge in [0.15, 0.2) is 0 Å². The summed E-state index contributed by atoms with van der Waals surface area (Å²) in [4.78, 5) is 18.4. The zero-order valence-electron chi connectivity index (χ0n) is 12.1. The zero-order chi connectivity index (χ0) is 14.4. The molecule has 0 radical (unpaired) electrons. The second kappa shape index (κ2) is 4.58. The van der Waals surface area contributed by atoms with Crippen LogP contribution in [0.25, 0.3) is 0 Å². The number of ether oxygens (including phenoxy) is 1. The largest absolute Gasteiger partial charge is 0.463 e. The standard InChI is InChI=1S/C17H19NO3/c1-2-20-16(19)17-13-9-8-12(10-13)14(17)15(18-21-17)11-6-4-3-5-7-11/h3-7,12-14H,2,8-10H2,1H3/t12-,13+,14-,17-/m1/s1. The Morgan fingerprint density at radius 3 is 2.95 bits per heavy atom. The van der Waals surface area contributed by atoms with Gasteiger partial charge in [-0.2, -0.15) is 0 Å². The summed E-state index contributed by atoms with van der Waals surface area (Å²) >= 11 is 0. The minimum atomic E-state index is -0.857. The van der Waals surface area contributed by atoms with Gasteiger partial charge in [0, 0.05) is 5.92 Å². The van der Waals surface area contributed by atoms with Gasteiger partial charge < -0.3 is 9.57 Å². The highest BCUT2D eigenvalue weighted by atomic mass is 16.7. The van der Waals surface area contributed by atoms with Gasteiger partial charge in [0.25, 0.3) is 0 Å². The quantitative estimate of drug-likeness (QED) is 0.802. The molecule has 4 atom stereocenters. The molecular formula is C17H19NO3. The predicted molar refractivity (Wildman–Crippen MR) is 77.7 cm³/mol. The topological polar surface area (TPSA) is 47.9 Å². The SMILES string of the molecule is CCOC(=O)[C@]12ON=C(c3ccccc3)[C@H]1[C@@H]1CC[C@H]2C1. The summed E-state index contributed by atoms with van der Waals surface area (Å²) in [7, 11) is 0. The molecule has 0 amide bonds. The molecule has 1 aromatic carbocycles. The maximum atomic E-state index is 12.6. The second-order valence-electron chi connectivity index (χ2n) is 6.20. The number of carbonyl (C=O) groups excluding carboxylic acids is 1. The lowest BCUT2D eigenvalue weighted by Gasteiger charge is -2.34. The Hall–Kier alpha value is -1.84. The molecule has 110 valence electrons. The maximum absolute atomic E-state index is 12.6. The Morgan fingerprint density at radius 2 is 2.19 bits per heavy atom. The molecule has 1 heterocycles. The number of fused-ring (bicyclic) bond motifs is 5. The van der Waals surface area contributed by atoms with Crippen LogP contribution in [0.4, 0.5) is 0 Å². The van der Waals surface area contributed by atoms with Gasteiger partial charge in [-0.25, -0.2) is 4.79 Å². The minimum Gasteiger partial charge on any atom is -0.463 e. The van der Waals surface area contributed by atoms with Crippen LogP contribution in [0.5, 0.6) is 0 Å². The van der Waals surface area contributed by atoms with Crippen molar-refractivity contribution in [1.29, 1.82) is 0 Å². The number of hydrogen-bond donors (Lipinski definition) is 0. The average molecular weight is 285 g/mol. The molecule has 4 heteroatoms. The van der Waals surface area contributed by atoms with Crippen molar-refractivity contribution in [3.63, 3.8) is 0 Å². The molecule has 2 saturated carbocycles. The number of oxime groups is 1. The summed E-state index contributed by atoms with van der Waals surface area (Å²) in [5.74, 6) is 0.562. The van der Waals surface area contributed by atoms with E-state index in [2.05, 4.69) is 5.16 Å². The van der Waals surface area contributed by atoms with Crippen molar-refractivity contribution in [1.82, 2.24) is 0 Å². The van der Waals surface area contributed by atoms with Crippen LogP contribution in [0.2, 0.25) is 0 Å². The monoisotopic (exact) mass is 285 g/mol. The molecular weight excluding hydrogens is 266 g/mol. The van der Waals surface area contributed by atoms with Gasteiger partial charge in [-0.05, 0) is 37.7 Å². The highest BCUT2D eigenvalue weighted by molar-refractivity contribution is 6.07. The molecule has 0 aromatic heterocycles. The van der Waals surface area contributed by atoms with Gasteiger partial charge >= 0.3 is 5.97 Å². The van der Waals surface area contributed by atoms with Crippen LogP contribution in [0.15, 0.2) is 35.5 Å². The number of rotatable bonds is 3. The summed E-state index contributed by atoms with van der Waals surface area (Å²) in [6.07, 6.45) is 3.25. The fourth-order valence-electron chi connectivity index (χ4n) is 4.47. The highest BCUT2D eigenvalue weighted by Gasteiger charge is 2.70. The lowest BCUT2D eigenvalue weighted by molar-refractivity contribution is -0.180. The van der Waals surface area contributed by atoms with Crippen molar-refractivity contribution < 1.29 is 14.4 Å².